The summed E-state index contributed by atoms with van der Waals surface area (Å²) in [7, 11) is 0. The van der Waals surface area contributed by atoms with Crippen LogP contribution >= 0.6 is 24.8 Å². The van der Waals surface area contributed by atoms with Crippen molar-refractivity contribution < 1.29 is 4.42 Å². The van der Waals surface area contributed by atoms with Gasteiger partial charge in [0.1, 0.15) is 6.26 Å². The molecule has 0 radical (unpaired) electrons. The molecular weight excluding hydrogens is 273 g/mol. The molecule has 106 valence electrons. The maximum absolute atomic E-state index is 6.14. The second-order valence-corrected chi connectivity index (χ2v) is 5.12. The quantitative estimate of drug-likeness (QED) is 0.929. The normalized spacial score (nSPS) is 23.8. The number of hydrogen-bond donors (Lipinski definition) is 1. The summed E-state index contributed by atoms with van der Waals surface area (Å²) in [6.45, 7) is 9.26. The first-order valence-corrected chi connectivity index (χ1v) is 5.95. The van der Waals surface area contributed by atoms with Crippen molar-refractivity contribution >= 4 is 24.8 Å². The van der Waals surface area contributed by atoms with Crippen LogP contribution in [0.5, 0.6) is 0 Å². The molecule has 1 aliphatic rings. The molecule has 18 heavy (non-hydrogen) atoms. The van der Waals surface area contributed by atoms with Gasteiger partial charge in [-0.15, -0.1) is 24.8 Å². The van der Waals surface area contributed by atoms with E-state index in [0.717, 1.165) is 31.2 Å². The summed E-state index contributed by atoms with van der Waals surface area (Å²) < 4.78 is 5.21. The molecule has 0 spiro atoms. The van der Waals surface area contributed by atoms with Gasteiger partial charge in [-0.05, 0) is 11.8 Å². The van der Waals surface area contributed by atoms with Crippen LogP contribution in [0.25, 0.3) is 0 Å². The molecule has 1 aromatic heterocycles. The maximum Gasteiger partial charge on any atom is 0.191 e. The number of likely N-dealkylation sites (tertiary alicyclic amines) is 1. The molecule has 2 heterocycles. The standard InChI is InChI=1S/C12H21N3O.2ClH/c1-8(2)11-5-15(6-12(11)13)4-10-7-16-9(3)14-10;;/h7-8,11-12H,4-6,13H2,1-3H3;2*1H/t11-,12+;;/m1../s1. The third-order valence-corrected chi connectivity index (χ3v) is 3.40. The molecule has 2 rings (SSSR count). The van der Waals surface area contributed by atoms with Gasteiger partial charge in [-0.2, -0.15) is 0 Å². The maximum atomic E-state index is 6.14. The first kappa shape index (κ1) is 17.7. The van der Waals surface area contributed by atoms with Crippen molar-refractivity contribution in [1.82, 2.24) is 9.88 Å². The second kappa shape index (κ2) is 7.34. The molecule has 0 saturated carbocycles. The Labute approximate surface area is 121 Å². The van der Waals surface area contributed by atoms with Crippen LogP contribution < -0.4 is 5.73 Å². The highest BCUT2D eigenvalue weighted by Gasteiger charge is 2.32. The number of nitrogens with two attached hydrogens (primary N) is 1. The van der Waals surface area contributed by atoms with Gasteiger partial charge in [-0.25, -0.2) is 4.98 Å². The largest absolute Gasteiger partial charge is 0.449 e. The van der Waals surface area contributed by atoms with E-state index in [1.807, 2.05) is 6.92 Å². The van der Waals surface area contributed by atoms with Crippen LogP contribution in [0.3, 0.4) is 0 Å². The first-order chi connectivity index (χ1) is 7.56. The summed E-state index contributed by atoms with van der Waals surface area (Å²) >= 11 is 0. The van der Waals surface area contributed by atoms with Crippen LogP contribution in [0.1, 0.15) is 25.4 Å². The Bertz CT molecular complexity index is 357. The van der Waals surface area contributed by atoms with Crippen molar-refractivity contribution in [2.24, 2.45) is 17.6 Å². The Balaban J connectivity index is 0.00000144. The van der Waals surface area contributed by atoms with Gasteiger partial charge < -0.3 is 10.2 Å². The lowest BCUT2D eigenvalue weighted by Crippen LogP contribution is -2.32. The Morgan fingerprint density at radius 2 is 2.11 bits per heavy atom. The lowest BCUT2D eigenvalue weighted by Gasteiger charge is -2.18. The molecule has 2 atom stereocenters. The van der Waals surface area contributed by atoms with Crippen molar-refractivity contribution in [2.75, 3.05) is 13.1 Å². The Morgan fingerprint density at radius 3 is 2.56 bits per heavy atom. The summed E-state index contributed by atoms with van der Waals surface area (Å²) in [5.41, 5.74) is 7.15. The van der Waals surface area contributed by atoms with E-state index in [4.69, 9.17) is 10.2 Å². The SMILES string of the molecule is Cc1nc(CN2C[C@H](C(C)C)[C@@H](N)C2)co1.Cl.Cl. The molecule has 1 fully saturated rings. The van der Waals surface area contributed by atoms with Crippen LogP contribution in [0.15, 0.2) is 10.7 Å². The van der Waals surface area contributed by atoms with Gasteiger partial charge in [0, 0.05) is 32.6 Å². The summed E-state index contributed by atoms with van der Waals surface area (Å²) in [4.78, 5) is 6.69. The van der Waals surface area contributed by atoms with Crippen molar-refractivity contribution in [1.29, 1.82) is 0 Å². The molecule has 0 unspecified atom stereocenters. The van der Waals surface area contributed by atoms with E-state index in [1.165, 1.54) is 0 Å². The van der Waals surface area contributed by atoms with Gasteiger partial charge in [-0.3, -0.25) is 4.90 Å². The topological polar surface area (TPSA) is 55.3 Å². The van der Waals surface area contributed by atoms with E-state index in [9.17, 15) is 0 Å². The molecule has 0 aliphatic carbocycles. The lowest BCUT2D eigenvalue weighted by molar-refractivity contribution is 0.293. The summed E-state index contributed by atoms with van der Waals surface area (Å²) in [6.07, 6.45) is 1.74. The van der Waals surface area contributed by atoms with Gasteiger partial charge in [-0.1, -0.05) is 13.8 Å². The van der Waals surface area contributed by atoms with Crippen LogP contribution in [0.2, 0.25) is 0 Å². The number of aromatic nitrogens is 1. The highest BCUT2D eigenvalue weighted by atomic mass is 35.5. The molecule has 2 N–H and O–H groups in total. The summed E-state index contributed by atoms with van der Waals surface area (Å²) in [5.74, 6) is 1.99. The number of aryl methyl sites for hydroxylation is 1. The fourth-order valence-corrected chi connectivity index (χ4v) is 2.49. The van der Waals surface area contributed by atoms with E-state index >= 15 is 0 Å². The highest BCUT2D eigenvalue weighted by molar-refractivity contribution is 5.85. The van der Waals surface area contributed by atoms with Crippen molar-refractivity contribution in [2.45, 2.75) is 33.4 Å². The number of rotatable bonds is 3. The number of oxazole rings is 1. The van der Waals surface area contributed by atoms with E-state index in [-0.39, 0.29) is 24.8 Å². The third-order valence-electron chi connectivity index (χ3n) is 3.40. The molecular formula is C12H23Cl2N3O. The first-order valence-electron chi connectivity index (χ1n) is 5.95. The number of nitrogens with zero attached hydrogens (tertiary/aromatic N) is 2. The minimum absolute atomic E-state index is 0. The van der Waals surface area contributed by atoms with Crippen LogP contribution in [-0.2, 0) is 6.54 Å². The molecule has 4 nitrogen and oxygen atoms in total. The average molecular weight is 296 g/mol. The van der Waals surface area contributed by atoms with Crippen molar-refractivity contribution in [3.05, 3.63) is 17.8 Å². The zero-order chi connectivity index (χ0) is 11.7. The van der Waals surface area contributed by atoms with E-state index in [0.29, 0.717) is 17.9 Å². The Kier molecular flexibility index (Phi) is 7.22. The molecule has 6 heteroatoms. The smallest absolute Gasteiger partial charge is 0.191 e. The second-order valence-electron chi connectivity index (χ2n) is 5.12. The van der Waals surface area contributed by atoms with Gasteiger partial charge >= 0.3 is 0 Å². The summed E-state index contributed by atoms with van der Waals surface area (Å²) in [5, 5.41) is 0. The minimum atomic E-state index is 0. The average Bonchev–Trinajstić information content (AvgIpc) is 2.73. The van der Waals surface area contributed by atoms with E-state index in [2.05, 4.69) is 23.7 Å². The van der Waals surface area contributed by atoms with Crippen molar-refractivity contribution in [3.8, 4) is 0 Å². The minimum Gasteiger partial charge on any atom is -0.449 e. The van der Waals surface area contributed by atoms with E-state index in [1.54, 1.807) is 6.26 Å². The van der Waals surface area contributed by atoms with Gasteiger partial charge in [0.15, 0.2) is 5.89 Å². The van der Waals surface area contributed by atoms with Crippen molar-refractivity contribution in [3.63, 3.8) is 0 Å². The number of halogens is 2. The molecule has 0 bridgehead atoms. The van der Waals surface area contributed by atoms with Gasteiger partial charge in [0.05, 0.1) is 5.69 Å². The van der Waals surface area contributed by atoms with E-state index < -0.39 is 0 Å². The molecule has 0 amide bonds. The van der Waals surface area contributed by atoms with Gasteiger partial charge in [0.2, 0.25) is 0 Å². The lowest BCUT2D eigenvalue weighted by atomic mass is 9.92. The monoisotopic (exact) mass is 295 g/mol. The molecule has 0 aromatic carbocycles. The molecule has 1 aliphatic heterocycles. The zero-order valence-corrected chi connectivity index (χ0v) is 12.8. The zero-order valence-electron chi connectivity index (χ0n) is 11.1. The fraction of sp³-hybridized carbons (Fsp3) is 0.750. The Hall–Kier alpha value is -0.290. The third kappa shape index (κ3) is 4.12. The van der Waals surface area contributed by atoms with Crippen LogP contribution in [0.4, 0.5) is 0 Å². The summed E-state index contributed by atoms with van der Waals surface area (Å²) in [6, 6.07) is 0.299. The fourth-order valence-electron chi connectivity index (χ4n) is 2.49. The highest BCUT2D eigenvalue weighted by Crippen LogP contribution is 2.24. The predicted molar refractivity (Wildman–Crippen MR) is 77.3 cm³/mol. The molecule has 1 saturated heterocycles. The number of hydrogen-bond acceptors (Lipinski definition) is 4. The van der Waals surface area contributed by atoms with Crippen LogP contribution in [-0.4, -0.2) is 29.0 Å². The predicted octanol–water partition coefficient (Wildman–Crippen LogP) is 2.24. The van der Waals surface area contributed by atoms with Crippen LogP contribution in [0, 0.1) is 18.8 Å². The van der Waals surface area contributed by atoms with Gasteiger partial charge in [0.25, 0.3) is 0 Å². The Morgan fingerprint density at radius 1 is 1.44 bits per heavy atom. The molecule has 1 aromatic rings.